The van der Waals surface area contributed by atoms with E-state index >= 15 is 0 Å². The Bertz CT molecular complexity index is 494. The van der Waals surface area contributed by atoms with E-state index in [4.69, 9.17) is 9.84 Å². The average molecular weight is 295 g/mol. The van der Waals surface area contributed by atoms with Gasteiger partial charge in [0.15, 0.2) is 0 Å². The van der Waals surface area contributed by atoms with Gasteiger partial charge >= 0.3 is 5.97 Å². The van der Waals surface area contributed by atoms with Crippen molar-refractivity contribution in [1.82, 2.24) is 5.32 Å². The van der Waals surface area contributed by atoms with Crippen molar-refractivity contribution in [1.29, 1.82) is 0 Å². The van der Waals surface area contributed by atoms with Gasteiger partial charge in [0.2, 0.25) is 0 Å². The van der Waals surface area contributed by atoms with Crippen LogP contribution >= 0.6 is 0 Å². The monoisotopic (exact) mass is 295 g/mol. The summed E-state index contributed by atoms with van der Waals surface area (Å²) in [5.74, 6) is -0.203. The molecule has 0 bridgehead atoms. The molecule has 2 unspecified atom stereocenters. The van der Waals surface area contributed by atoms with Crippen molar-refractivity contribution in [2.45, 2.75) is 51.8 Å². The Morgan fingerprint density at radius 2 is 2.00 bits per heavy atom. The van der Waals surface area contributed by atoms with Gasteiger partial charge in [0.05, 0.1) is 19.6 Å². The number of aliphatic hydroxyl groups is 1. The van der Waals surface area contributed by atoms with E-state index in [1.165, 1.54) is 0 Å². The Morgan fingerprint density at radius 1 is 1.38 bits per heavy atom. The molecule has 5 nitrogen and oxygen atoms in total. The number of benzene rings is 1. The molecule has 118 valence electrons. The number of aliphatic hydroxyl groups excluding tert-OH is 1. The molecule has 0 radical (unpaired) electrons. The lowest BCUT2D eigenvalue weighted by molar-refractivity contribution is -0.138. The van der Waals surface area contributed by atoms with Crippen LogP contribution in [0.2, 0.25) is 0 Å². The Hall–Kier alpha value is -1.59. The van der Waals surface area contributed by atoms with Gasteiger partial charge < -0.3 is 20.3 Å². The van der Waals surface area contributed by atoms with Crippen molar-refractivity contribution in [3.05, 3.63) is 29.3 Å². The Labute approximate surface area is 125 Å². The molecule has 1 rings (SSSR count). The maximum absolute atomic E-state index is 11.0. The minimum absolute atomic E-state index is 0.149. The molecule has 0 amide bonds. The van der Waals surface area contributed by atoms with Gasteiger partial charge in [-0.15, -0.1) is 0 Å². The van der Waals surface area contributed by atoms with Crippen LogP contribution in [0.25, 0.3) is 0 Å². The number of hydrogen-bond donors (Lipinski definition) is 3. The molecule has 0 heterocycles. The van der Waals surface area contributed by atoms with Gasteiger partial charge in [-0.05, 0) is 51.0 Å². The number of rotatable bonds is 6. The zero-order valence-electron chi connectivity index (χ0n) is 13.3. The third kappa shape index (κ3) is 5.36. The van der Waals surface area contributed by atoms with Crippen molar-refractivity contribution in [2.75, 3.05) is 7.11 Å². The molecule has 1 aromatic rings. The molecule has 0 aliphatic rings. The van der Waals surface area contributed by atoms with Crippen molar-refractivity contribution in [2.24, 2.45) is 0 Å². The third-order valence-electron chi connectivity index (χ3n) is 3.15. The second-order valence-electron chi connectivity index (χ2n) is 6.27. The molecule has 21 heavy (non-hydrogen) atoms. The summed E-state index contributed by atoms with van der Waals surface area (Å²) in [6.07, 6.45) is -1.05. The summed E-state index contributed by atoms with van der Waals surface area (Å²) in [4.78, 5) is 11.0. The maximum Gasteiger partial charge on any atom is 0.305 e. The number of carboxylic acids is 1. The normalized spacial score (nSPS) is 14.6. The fourth-order valence-corrected chi connectivity index (χ4v) is 2.30. The Morgan fingerprint density at radius 3 is 2.43 bits per heavy atom. The van der Waals surface area contributed by atoms with E-state index in [1.807, 2.05) is 33.8 Å². The van der Waals surface area contributed by atoms with Crippen LogP contribution in [-0.4, -0.2) is 34.9 Å². The van der Waals surface area contributed by atoms with Crippen LogP contribution in [-0.2, 0) is 4.79 Å². The first kappa shape index (κ1) is 17.5. The summed E-state index contributed by atoms with van der Waals surface area (Å²) in [5, 5.41) is 22.7. The number of carboxylic acid groups (broad SMARTS) is 1. The van der Waals surface area contributed by atoms with Crippen LogP contribution in [0.5, 0.6) is 5.75 Å². The van der Waals surface area contributed by atoms with Gasteiger partial charge in [-0.2, -0.15) is 0 Å². The van der Waals surface area contributed by atoms with Crippen molar-refractivity contribution >= 4 is 5.97 Å². The lowest BCUT2D eigenvalue weighted by Crippen LogP contribution is -2.47. The van der Waals surface area contributed by atoms with Gasteiger partial charge in [-0.3, -0.25) is 4.79 Å². The summed E-state index contributed by atoms with van der Waals surface area (Å²) in [5.41, 5.74) is 1.29. The molecule has 0 aromatic heterocycles. The number of methoxy groups -OCH3 is 1. The summed E-state index contributed by atoms with van der Waals surface area (Å²) in [6.45, 7) is 7.70. The van der Waals surface area contributed by atoms with Gasteiger partial charge in [-0.1, -0.05) is 6.07 Å². The van der Waals surface area contributed by atoms with E-state index in [2.05, 4.69) is 5.32 Å². The lowest BCUT2D eigenvalue weighted by Gasteiger charge is -2.31. The SMILES string of the molecule is COc1ccc(C(O)C(CC(=O)O)NC(C)(C)C)cc1C. The highest BCUT2D eigenvalue weighted by molar-refractivity contribution is 5.67. The highest BCUT2D eigenvalue weighted by Gasteiger charge is 2.27. The smallest absolute Gasteiger partial charge is 0.305 e. The van der Waals surface area contributed by atoms with Crippen LogP contribution in [0, 0.1) is 6.92 Å². The van der Waals surface area contributed by atoms with Crippen LogP contribution < -0.4 is 10.1 Å². The molecule has 0 fully saturated rings. The number of nitrogens with one attached hydrogen (secondary N) is 1. The van der Waals surface area contributed by atoms with E-state index in [1.54, 1.807) is 19.2 Å². The highest BCUT2D eigenvalue weighted by Crippen LogP contribution is 2.26. The molecule has 0 saturated heterocycles. The summed E-state index contributed by atoms with van der Waals surface area (Å²) < 4.78 is 5.19. The molecule has 0 spiro atoms. The Balaban J connectivity index is 3.01. The minimum Gasteiger partial charge on any atom is -0.496 e. The molecule has 5 heteroatoms. The van der Waals surface area contributed by atoms with Crippen LogP contribution in [0.3, 0.4) is 0 Å². The topological polar surface area (TPSA) is 78.8 Å². The maximum atomic E-state index is 11.0. The van der Waals surface area contributed by atoms with Gasteiger partial charge in [0.1, 0.15) is 5.75 Å². The number of hydrogen-bond acceptors (Lipinski definition) is 4. The second kappa shape index (κ2) is 6.91. The van der Waals surface area contributed by atoms with E-state index in [0.717, 1.165) is 11.3 Å². The molecular formula is C16H25NO4. The van der Waals surface area contributed by atoms with E-state index in [9.17, 15) is 9.90 Å². The average Bonchev–Trinajstić information content (AvgIpc) is 2.34. The van der Waals surface area contributed by atoms with Crippen LogP contribution in [0.4, 0.5) is 0 Å². The zero-order valence-corrected chi connectivity index (χ0v) is 13.3. The number of aliphatic carboxylic acids is 1. The predicted octanol–water partition coefficient (Wildman–Crippen LogP) is 2.27. The van der Waals surface area contributed by atoms with Crippen LogP contribution in [0.1, 0.15) is 44.4 Å². The Kier molecular flexibility index (Phi) is 5.75. The van der Waals surface area contributed by atoms with Crippen molar-refractivity contribution in [3.63, 3.8) is 0 Å². The first-order valence-electron chi connectivity index (χ1n) is 6.96. The summed E-state index contributed by atoms with van der Waals surface area (Å²) in [6, 6.07) is 4.80. The molecule has 0 aliphatic carbocycles. The third-order valence-corrected chi connectivity index (χ3v) is 3.15. The molecule has 3 N–H and O–H groups in total. The molecular weight excluding hydrogens is 270 g/mol. The van der Waals surface area contributed by atoms with E-state index in [0.29, 0.717) is 5.56 Å². The molecule has 0 aliphatic heterocycles. The second-order valence-corrected chi connectivity index (χ2v) is 6.27. The first-order chi connectivity index (χ1) is 9.64. The molecule has 0 saturated carbocycles. The summed E-state index contributed by atoms with van der Waals surface area (Å²) in [7, 11) is 1.59. The van der Waals surface area contributed by atoms with Gasteiger partial charge in [0.25, 0.3) is 0 Å². The highest BCUT2D eigenvalue weighted by atomic mass is 16.5. The fraction of sp³-hybridized carbons (Fsp3) is 0.562. The van der Waals surface area contributed by atoms with E-state index < -0.39 is 18.1 Å². The zero-order chi connectivity index (χ0) is 16.2. The van der Waals surface area contributed by atoms with Crippen molar-refractivity contribution < 1.29 is 19.7 Å². The van der Waals surface area contributed by atoms with Crippen molar-refractivity contribution in [3.8, 4) is 5.75 Å². The largest absolute Gasteiger partial charge is 0.496 e. The lowest BCUT2D eigenvalue weighted by atomic mass is 9.95. The number of carbonyl (C=O) groups is 1. The fourth-order valence-electron chi connectivity index (χ4n) is 2.30. The van der Waals surface area contributed by atoms with Gasteiger partial charge in [0, 0.05) is 11.6 Å². The predicted molar refractivity (Wildman–Crippen MR) is 81.6 cm³/mol. The van der Waals surface area contributed by atoms with Gasteiger partial charge in [-0.25, -0.2) is 0 Å². The summed E-state index contributed by atoms with van der Waals surface area (Å²) >= 11 is 0. The molecule has 1 aromatic carbocycles. The standard InChI is InChI=1S/C16H25NO4/c1-10-8-11(6-7-13(10)21-5)15(20)12(9-14(18)19)17-16(2,3)4/h6-8,12,15,17,20H,9H2,1-5H3,(H,18,19). The molecule has 2 atom stereocenters. The quantitative estimate of drug-likeness (QED) is 0.750. The van der Waals surface area contributed by atoms with E-state index in [-0.39, 0.29) is 12.0 Å². The first-order valence-corrected chi connectivity index (χ1v) is 6.96. The van der Waals surface area contributed by atoms with Crippen LogP contribution in [0.15, 0.2) is 18.2 Å². The number of ether oxygens (including phenoxy) is 1. The minimum atomic E-state index is -0.943. The number of aryl methyl sites for hydroxylation is 1.